The zero-order chi connectivity index (χ0) is 17.4. The highest BCUT2D eigenvalue weighted by Gasteiger charge is 2.15. The topological polar surface area (TPSA) is 96.1 Å². The third-order valence-electron chi connectivity index (χ3n) is 3.34. The number of nitriles is 1. The van der Waals surface area contributed by atoms with Crippen molar-refractivity contribution in [2.75, 3.05) is 6.61 Å². The number of carboxylic acids is 1. The minimum absolute atomic E-state index is 0.347. The highest BCUT2D eigenvalue weighted by atomic mass is 16.5. The zero-order valence-corrected chi connectivity index (χ0v) is 13.2. The number of aromatic nitrogens is 2. The highest BCUT2D eigenvalue weighted by molar-refractivity contribution is 5.74. The van der Waals surface area contributed by atoms with Crippen LogP contribution in [0, 0.1) is 11.3 Å². The van der Waals surface area contributed by atoms with E-state index in [-0.39, 0.29) is 0 Å². The Kier molecular flexibility index (Phi) is 6.03. The monoisotopic (exact) mass is 323 g/mol. The van der Waals surface area contributed by atoms with Gasteiger partial charge >= 0.3 is 5.97 Å². The quantitative estimate of drug-likeness (QED) is 0.932. The van der Waals surface area contributed by atoms with Crippen LogP contribution in [-0.2, 0) is 4.79 Å². The van der Waals surface area contributed by atoms with Crippen LogP contribution in [0.25, 0.3) is 6.08 Å². The number of aliphatic carboxylic acids is 1. The van der Waals surface area contributed by atoms with Gasteiger partial charge in [-0.2, -0.15) is 5.26 Å². The van der Waals surface area contributed by atoms with Crippen LogP contribution in [0.5, 0.6) is 5.75 Å². The van der Waals surface area contributed by atoms with Crippen molar-refractivity contribution in [2.24, 2.45) is 0 Å². The van der Waals surface area contributed by atoms with Crippen molar-refractivity contribution in [3.05, 3.63) is 59.7 Å². The van der Waals surface area contributed by atoms with E-state index < -0.39 is 11.9 Å². The summed E-state index contributed by atoms with van der Waals surface area (Å²) in [7, 11) is 0. The number of benzene rings is 1. The molecule has 0 aliphatic carbocycles. The van der Waals surface area contributed by atoms with Crippen LogP contribution in [-0.4, -0.2) is 27.7 Å². The Hall–Kier alpha value is -3.20. The summed E-state index contributed by atoms with van der Waals surface area (Å²) in [6.07, 6.45) is 5.54. The van der Waals surface area contributed by atoms with E-state index in [1.165, 1.54) is 12.4 Å². The molecule has 0 saturated carbocycles. The maximum Gasteiger partial charge on any atom is 0.313 e. The van der Waals surface area contributed by atoms with E-state index >= 15 is 0 Å². The lowest BCUT2D eigenvalue weighted by Gasteiger charge is -2.15. The number of carboxylic acid groups (broad SMARTS) is 1. The average molecular weight is 323 g/mol. The first-order chi connectivity index (χ1) is 11.6. The van der Waals surface area contributed by atoms with Gasteiger partial charge in [-0.1, -0.05) is 18.2 Å². The van der Waals surface area contributed by atoms with Crippen LogP contribution in [0.2, 0.25) is 0 Å². The first kappa shape index (κ1) is 17.2. The molecule has 2 heterocycles. The van der Waals surface area contributed by atoms with E-state index in [1.807, 2.05) is 30.3 Å². The van der Waals surface area contributed by atoms with E-state index in [9.17, 15) is 4.79 Å². The highest BCUT2D eigenvalue weighted by Crippen LogP contribution is 2.26. The Morgan fingerprint density at radius 3 is 2.71 bits per heavy atom. The molecule has 0 radical (unpaired) electrons. The number of hydrogen-bond acceptors (Lipinski definition) is 5. The lowest BCUT2D eigenvalue weighted by atomic mass is 10.1. The Balaban J connectivity index is 0.000000177. The minimum atomic E-state index is -0.906. The minimum Gasteiger partial charge on any atom is -0.489 e. The molecule has 0 amide bonds. The normalized spacial score (nSPS) is 13.1. The smallest absolute Gasteiger partial charge is 0.313 e. The summed E-state index contributed by atoms with van der Waals surface area (Å²) in [4.78, 5) is 18.0. The van der Waals surface area contributed by atoms with Gasteiger partial charge in [0.05, 0.1) is 12.5 Å². The maximum absolute atomic E-state index is 10.4. The van der Waals surface area contributed by atoms with Gasteiger partial charge in [-0.15, -0.1) is 0 Å². The number of hydrogen-bond donors (Lipinski definition) is 1. The van der Waals surface area contributed by atoms with Crippen LogP contribution in [0.15, 0.2) is 48.3 Å². The zero-order valence-electron chi connectivity index (χ0n) is 13.2. The summed E-state index contributed by atoms with van der Waals surface area (Å²) < 4.78 is 5.47. The first-order valence-corrected chi connectivity index (χ1v) is 7.39. The molecule has 1 atom stereocenters. The van der Waals surface area contributed by atoms with Crippen molar-refractivity contribution < 1.29 is 14.6 Å². The Bertz CT molecular complexity index is 767. The molecule has 0 spiro atoms. The summed E-state index contributed by atoms with van der Waals surface area (Å²) in [6.45, 7) is 2.10. The number of nitrogens with zero attached hydrogens (tertiary/aromatic N) is 3. The number of rotatable bonds is 3. The molecule has 1 aromatic carbocycles. The van der Waals surface area contributed by atoms with Crippen molar-refractivity contribution in [3.63, 3.8) is 0 Å². The SMILES string of the molecule is CC(C(=O)O)c1ncccn1.N#CCC1=Cc2ccccc2OC1. The Morgan fingerprint density at radius 2 is 2.04 bits per heavy atom. The van der Waals surface area contributed by atoms with E-state index in [2.05, 4.69) is 16.0 Å². The molecule has 2 aromatic rings. The fraction of sp³-hybridized carbons (Fsp3) is 0.222. The molecule has 122 valence electrons. The van der Waals surface area contributed by atoms with E-state index in [0.29, 0.717) is 18.9 Å². The van der Waals surface area contributed by atoms with Gasteiger partial charge in [0.15, 0.2) is 0 Å². The molecule has 1 unspecified atom stereocenters. The summed E-state index contributed by atoms with van der Waals surface area (Å²) in [5.41, 5.74) is 2.11. The first-order valence-electron chi connectivity index (χ1n) is 7.39. The van der Waals surface area contributed by atoms with Gasteiger partial charge in [0.2, 0.25) is 0 Å². The molecule has 1 aliphatic heterocycles. The van der Waals surface area contributed by atoms with Gasteiger partial charge in [0.1, 0.15) is 24.1 Å². The van der Waals surface area contributed by atoms with Gasteiger partial charge in [-0.3, -0.25) is 4.79 Å². The third-order valence-corrected chi connectivity index (χ3v) is 3.34. The largest absolute Gasteiger partial charge is 0.489 e. The molecule has 0 fully saturated rings. The fourth-order valence-electron chi connectivity index (χ4n) is 2.01. The van der Waals surface area contributed by atoms with Gasteiger partial charge in [-0.05, 0) is 30.7 Å². The van der Waals surface area contributed by atoms with Crippen LogP contribution < -0.4 is 4.74 Å². The molecular formula is C18H17N3O3. The lowest BCUT2D eigenvalue weighted by Crippen LogP contribution is -2.10. The van der Waals surface area contributed by atoms with Crippen molar-refractivity contribution in [3.8, 4) is 11.8 Å². The summed E-state index contributed by atoms with van der Waals surface area (Å²) in [6, 6.07) is 11.6. The molecule has 24 heavy (non-hydrogen) atoms. The van der Waals surface area contributed by atoms with E-state index in [0.717, 1.165) is 16.9 Å². The number of ether oxygens (including phenoxy) is 1. The van der Waals surface area contributed by atoms with Gasteiger partial charge in [0, 0.05) is 18.0 Å². The molecule has 0 saturated heterocycles. The molecule has 6 nitrogen and oxygen atoms in total. The third kappa shape index (κ3) is 4.65. The number of para-hydroxylation sites is 1. The lowest BCUT2D eigenvalue weighted by molar-refractivity contribution is -0.138. The van der Waals surface area contributed by atoms with E-state index in [4.69, 9.17) is 15.1 Å². The fourth-order valence-corrected chi connectivity index (χ4v) is 2.01. The second kappa shape index (κ2) is 8.44. The molecule has 1 aliphatic rings. The van der Waals surface area contributed by atoms with Crippen LogP contribution in [0.1, 0.15) is 30.7 Å². The maximum atomic E-state index is 10.4. The van der Waals surface area contributed by atoms with Gasteiger partial charge < -0.3 is 9.84 Å². The summed E-state index contributed by atoms with van der Waals surface area (Å²) in [5, 5.41) is 17.1. The van der Waals surface area contributed by atoms with E-state index in [1.54, 1.807) is 13.0 Å². The number of carbonyl (C=O) groups is 1. The van der Waals surface area contributed by atoms with Crippen molar-refractivity contribution in [2.45, 2.75) is 19.3 Å². The predicted molar refractivity (Wildman–Crippen MR) is 88.2 cm³/mol. The Labute approximate surface area is 140 Å². The standard InChI is InChI=1S/C11H9NO.C7H8N2O2/c12-6-5-9-7-10-3-1-2-4-11(10)13-8-9;1-5(7(10)11)6-8-3-2-4-9-6/h1-4,7H,5,8H2;2-5H,1H3,(H,10,11). The number of fused-ring (bicyclic) bond motifs is 1. The van der Waals surface area contributed by atoms with Crippen molar-refractivity contribution in [1.29, 1.82) is 5.26 Å². The second-order valence-electron chi connectivity index (χ2n) is 5.13. The molecular weight excluding hydrogens is 306 g/mol. The van der Waals surface area contributed by atoms with Crippen LogP contribution in [0.4, 0.5) is 0 Å². The summed E-state index contributed by atoms with van der Waals surface area (Å²) >= 11 is 0. The molecule has 3 rings (SSSR count). The van der Waals surface area contributed by atoms with Crippen molar-refractivity contribution >= 4 is 12.0 Å². The van der Waals surface area contributed by atoms with Gasteiger partial charge in [-0.25, -0.2) is 9.97 Å². The Morgan fingerprint density at radius 1 is 1.33 bits per heavy atom. The predicted octanol–water partition coefficient (Wildman–Crippen LogP) is 3.04. The molecule has 6 heteroatoms. The second-order valence-corrected chi connectivity index (χ2v) is 5.13. The molecule has 1 N–H and O–H groups in total. The molecule has 0 bridgehead atoms. The molecule has 1 aromatic heterocycles. The summed E-state index contributed by atoms with van der Waals surface area (Å²) in [5.74, 6) is -0.281. The van der Waals surface area contributed by atoms with Crippen LogP contribution in [0.3, 0.4) is 0 Å². The van der Waals surface area contributed by atoms with Crippen molar-refractivity contribution in [1.82, 2.24) is 9.97 Å². The van der Waals surface area contributed by atoms with Crippen LogP contribution >= 0.6 is 0 Å². The average Bonchev–Trinajstić information content (AvgIpc) is 2.62. The van der Waals surface area contributed by atoms with Gasteiger partial charge in [0.25, 0.3) is 0 Å².